The molecule has 3 aromatic carbocycles. The smallest absolute Gasteiger partial charge is 0.194 e. The fourth-order valence-corrected chi connectivity index (χ4v) is 4.12. The Bertz CT molecular complexity index is 1050. The molecule has 0 atom stereocenters. The minimum atomic E-state index is 0.107. The lowest BCUT2D eigenvalue weighted by atomic mass is 9.94. The number of hydrogen-bond acceptors (Lipinski definition) is 3. The van der Waals surface area contributed by atoms with Gasteiger partial charge in [-0.05, 0) is 28.8 Å². The third kappa shape index (κ3) is 2.85. The lowest BCUT2D eigenvalue weighted by Crippen LogP contribution is -2.36. The Labute approximate surface area is 164 Å². The molecule has 2 aliphatic rings. The number of allylic oxidation sites excluding steroid dienone is 1. The van der Waals surface area contributed by atoms with E-state index in [1.54, 1.807) is 0 Å². The number of carbonyl (C=O) groups excluding carboxylic acids is 1. The van der Waals surface area contributed by atoms with E-state index in [1.165, 1.54) is 0 Å². The Morgan fingerprint density at radius 2 is 1.29 bits per heavy atom. The molecule has 3 nitrogen and oxygen atoms in total. The highest BCUT2D eigenvalue weighted by molar-refractivity contribution is 6.41. The van der Waals surface area contributed by atoms with Crippen LogP contribution in [0.1, 0.15) is 27.0 Å². The molecule has 1 aliphatic carbocycles. The van der Waals surface area contributed by atoms with Crippen molar-refractivity contribution >= 4 is 22.6 Å². The third-order valence-electron chi connectivity index (χ3n) is 5.50. The van der Waals surface area contributed by atoms with Crippen molar-refractivity contribution in [3.05, 3.63) is 101 Å². The van der Waals surface area contributed by atoms with Crippen molar-refractivity contribution in [2.75, 3.05) is 31.2 Å². The van der Waals surface area contributed by atoms with Crippen LogP contribution in [0.5, 0.6) is 0 Å². The van der Waals surface area contributed by atoms with Crippen molar-refractivity contribution in [1.82, 2.24) is 0 Å². The van der Waals surface area contributed by atoms with Gasteiger partial charge in [-0.2, -0.15) is 0 Å². The van der Waals surface area contributed by atoms with Gasteiger partial charge in [0.1, 0.15) is 0 Å². The number of ether oxygens (including phenoxy) is 1. The predicted octanol–water partition coefficient (Wildman–Crippen LogP) is 4.68. The van der Waals surface area contributed by atoms with Crippen LogP contribution in [0, 0.1) is 0 Å². The molecule has 0 unspecified atom stereocenters. The second kappa shape index (κ2) is 7.10. The first-order valence-electron chi connectivity index (χ1n) is 9.70. The van der Waals surface area contributed by atoms with Gasteiger partial charge in [-0.3, -0.25) is 4.79 Å². The summed E-state index contributed by atoms with van der Waals surface area (Å²) in [6.45, 7) is 3.18. The zero-order valence-electron chi connectivity index (χ0n) is 15.6. The number of fused-ring (bicyclic) bond motifs is 1. The van der Waals surface area contributed by atoms with Gasteiger partial charge in [0.25, 0.3) is 0 Å². The molecule has 0 spiro atoms. The standard InChI is InChI=1S/C25H21NO2/c27-25-22-17-20(26-13-15-28-16-14-26)11-12-21(22)23(18-7-3-1-4-8-18)24(25)19-9-5-2-6-10-19/h1-12,17H,13-16H2. The number of morpholine rings is 1. The number of anilines is 1. The molecule has 138 valence electrons. The molecule has 1 aliphatic heterocycles. The topological polar surface area (TPSA) is 29.5 Å². The summed E-state index contributed by atoms with van der Waals surface area (Å²) in [6, 6.07) is 26.5. The summed E-state index contributed by atoms with van der Waals surface area (Å²) in [5.74, 6) is 0.107. The van der Waals surface area contributed by atoms with Crippen LogP contribution in [0.4, 0.5) is 5.69 Å². The molecule has 0 N–H and O–H groups in total. The molecular formula is C25H21NO2. The van der Waals surface area contributed by atoms with Crippen molar-refractivity contribution in [3.8, 4) is 0 Å². The average molecular weight is 367 g/mol. The summed E-state index contributed by atoms with van der Waals surface area (Å²) in [5.41, 5.74) is 6.77. The number of ketones is 1. The Kier molecular flexibility index (Phi) is 4.30. The SMILES string of the molecule is O=C1C(c2ccccc2)=C(c2ccccc2)c2ccc(N3CCOCC3)cc21. The van der Waals surface area contributed by atoms with Crippen molar-refractivity contribution in [2.45, 2.75) is 0 Å². The Morgan fingerprint density at radius 1 is 0.679 bits per heavy atom. The minimum absolute atomic E-state index is 0.107. The summed E-state index contributed by atoms with van der Waals surface area (Å²) in [5, 5.41) is 0. The van der Waals surface area contributed by atoms with Gasteiger partial charge in [0.2, 0.25) is 0 Å². The molecule has 1 saturated heterocycles. The van der Waals surface area contributed by atoms with E-state index in [9.17, 15) is 4.79 Å². The van der Waals surface area contributed by atoms with E-state index in [0.29, 0.717) is 0 Å². The maximum Gasteiger partial charge on any atom is 0.194 e. The van der Waals surface area contributed by atoms with Gasteiger partial charge >= 0.3 is 0 Å². The molecule has 0 aromatic heterocycles. The summed E-state index contributed by atoms with van der Waals surface area (Å²) < 4.78 is 5.47. The zero-order valence-corrected chi connectivity index (χ0v) is 15.6. The first kappa shape index (κ1) is 17.0. The van der Waals surface area contributed by atoms with E-state index in [-0.39, 0.29) is 5.78 Å². The van der Waals surface area contributed by atoms with Gasteiger partial charge in [0.15, 0.2) is 5.78 Å². The molecule has 1 fully saturated rings. The van der Waals surface area contributed by atoms with Crippen LogP contribution in [0.25, 0.3) is 11.1 Å². The van der Waals surface area contributed by atoms with Gasteiger partial charge in [-0.25, -0.2) is 0 Å². The van der Waals surface area contributed by atoms with Crippen LogP contribution in [0.15, 0.2) is 78.9 Å². The first-order chi connectivity index (χ1) is 13.8. The minimum Gasteiger partial charge on any atom is -0.378 e. The molecule has 3 heteroatoms. The van der Waals surface area contributed by atoms with Crippen LogP contribution in [-0.4, -0.2) is 32.1 Å². The maximum atomic E-state index is 13.5. The molecule has 5 rings (SSSR count). The number of hydrogen-bond donors (Lipinski definition) is 0. The van der Waals surface area contributed by atoms with E-state index >= 15 is 0 Å². The van der Waals surface area contributed by atoms with Crippen molar-refractivity contribution in [1.29, 1.82) is 0 Å². The quantitative estimate of drug-likeness (QED) is 0.673. The monoisotopic (exact) mass is 367 g/mol. The molecule has 1 heterocycles. The fourth-order valence-electron chi connectivity index (χ4n) is 4.12. The van der Waals surface area contributed by atoms with E-state index in [0.717, 1.165) is 65.4 Å². The van der Waals surface area contributed by atoms with Crippen molar-refractivity contribution in [3.63, 3.8) is 0 Å². The van der Waals surface area contributed by atoms with E-state index in [1.807, 2.05) is 48.5 Å². The third-order valence-corrected chi connectivity index (χ3v) is 5.50. The molecule has 28 heavy (non-hydrogen) atoms. The van der Waals surface area contributed by atoms with Crippen molar-refractivity contribution in [2.24, 2.45) is 0 Å². The highest BCUT2D eigenvalue weighted by Crippen LogP contribution is 2.43. The maximum absolute atomic E-state index is 13.5. The summed E-state index contributed by atoms with van der Waals surface area (Å²) in [4.78, 5) is 15.8. The first-order valence-corrected chi connectivity index (χ1v) is 9.70. The molecule has 0 radical (unpaired) electrons. The van der Waals surface area contributed by atoms with Crippen LogP contribution in [0.3, 0.4) is 0 Å². The van der Waals surface area contributed by atoms with E-state index in [2.05, 4.69) is 35.2 Å². The lowest BCUT2D eigenvalue weighted by Gasteiger charge is -2.29. The number of rotatable bonds is 3. The normalized spacial score (nSPS) is 16.4. The molecule has 0 saturated carbocycles. The summed E-state index contributed by atoms with van der Waals surface area (Å²) >= 11 is 0. The summed E-state index contributed by atoms with van der Waals surface area (Å²) in [7, 11) is 0. The molecule has 3 aromatic rings. The number of Topliss-reactive ketones (excluding diaryl/α,β-unsaturated/α-hetero) is 1. The second-order valence-corrected chi connectivity index (χ2v) is 7.14. The Morgan fingerprint density at radius 3 is 1.93 bits per heavy atom. The van der Waals surface area contributed by atoms with Crippen LogP contribution < -0.4 is 4.90 Å². The molecular weight excluding hydrogens is 346 g/mol. The van der Waals surface area contributed by atoms with Crippen LogP contribution >= 0.6 is 0 Å². The molecule has 0 amide bonds. The number of carbonyl (C=O) groups is 1. The highest BCUT2D eigenvalue weighted by Gasteiger charge is 2.32. The van der Waals surface area contributed by atoms with Gasteiger partial charge in [0, 0.05) is 35.5 Å². The fraction of sp³-hybridized carbons (Fsp3) is 0.160. The van der Waals surface area contributed by atoms with Crippen LogP contribution in [0.2, 0.25) is 0 Å². The van der Waals surface area contributed by atoms with Gasteiger partial charge < -0.3 is 9.64 Å². The Balaban J connectivity index is 1.66. The predicted molar refractivity (Wildman–Crippen MR) is 113 cm³/mol. The second-order valence-electron chi connectivity index (χ2n) is 7.14. The number of nitrogens with zero attached hydrogens (tertiary/aromatic N) is 1. The van der Waals surface area contributed by atoms with E-state index < -0.39 is 0 Å². The van der Waals surface area contributed by atoms with Gasteiger partial charge in [-0.1, -0.05) is 66.7 Å². The van der Waals surface area contributed by atoms with Gasteiger partial charge in [-0.15, -0.1) is 0 Å². The van der Waals surface area contributed by atoms with Crippen LogP contribution in [-0.2, 0) is 4.74 Å². The lowest BCUT2D eigenvalue weighted by molar-refractivity contribution is 0.105. The average Bonchev–Trinajstić information content (AvgIpc) is 3.07. The van der Waals surface area contributed by atoms with Gasteiger partial charge in [0.05, 0.1) is 13.2 Å². The Hall–Kier alpha value is -3.17. The van der Waals surface area contributed by atoms with E-state index in [4.69, 9.17) is 4.74 Å². The largest absolute Gasteiger partial charge is 0.378 e. The van der Waals surface area contributed by atoms with Crippen molar-refractivity contribution < 1.29 is 9.53 Å². The zero-order chi connectivity index (χ0) is 18.9. The summed E-state index contributed by atoms with van der Waals surface area (Å²) in [6.07, 6.45) is 0. The highest BCUT2D eigenvalue weighted by atomic mass is 16.5. The number of benzene rings is 3. The molecule has 0 bridgehead atoms.